The monoisotopic (exact) mass is 248 g/mol. The van der Waals surface area contributed by atoms with Crippen molar-refractivity contribution in [3.05, 3.63) is 34.9 Å². The maximum absolute atomic E-state index is 6.31. The van der Waals surface area contributed by atoms with Crippen molar-refractivity contribution in [2.24, 2.45) is 5.73 Å². The van der Waals surface area contributed by atoms with Crippen LogP contribution in [0.25, 0.3) is 0 Å². The van der Waals surface area contributed by atoms with Gasteiger partial charge >= 0.3 is 0 Å². The molecule has 18 heavy (non-hydrogen) atoms. The Morgan fingerprint density at radius 3 is 2.89 bits per heavy atom. The van der Waals surface area contributed by atoms with Crippen LogP contribution in [0.3, 0.4) is 0 Å². The van der Waals surface area contributed by atoms with E-state index in [0.29, 0.717) is 6.04 Å². The number of ether oxygens (including phenoxy) is 1. The van der Waals surface area contributed by atoms with Gasteiger partial charge in [0.25, 0.3) is 0 Å². The molecule has 0 spiro atoms. The van der Waals surface area contributed by atoms with Gasteiger partial charge in [0.05, 0.1) is 12.6 Å². The number of benzene rings is 1. The van der Waals surface area contributed by atoms with Gasteiger partial charge in [0.2, 0.25) is 0 Å². The number of aryl methyl sites for hydroxylation is 1. The van der Waals surface area contributed by atoms with E-state index >= 15 is 0 Å². The third-order valence-corrected chi connectivity index (χ3v) is 4.10. The molecule has 1 heterocycles. The van der Waals surface area contributed by atoms with Gasteiger partial charge in [-0.25, -0.2) is 0 Å². The molecule has 100 valence electrons. The van der Waals surface area contributed by atoms with Crippen LogP contribution in [0.5, 0.6) is 0 Å². The Balaban J connectivity index is 2.25. The van der Waals surface area contributed by atoms with Gasteiger partial charge < -0.3 is 10.5 Å². The average Bonchev–Trinajstić information content (AvgIpc) is 2.72. The fourth-order valence-corrected chi connectivity index (χ4v) is 2.86. The Labute approximate surface area is 110 Å². The molecule has 0 saturated carbocycles. The molecule has 2 N–H and O–H groups in total. The minimum Gasteiger partial charge on any atom is -0.383 e. The summed E-state index contributed by atoms with van der Waals surface area (Å²) in [6, 6.07) is 7.11. The fourth-order valence-electron chi connectivity index (χ4n) is 2.86. The first-order chi connectivity index (χ1) is 8.65. The van der Waals surface area contributed by atoms with Crippen molar-refractivity contribution in [3.63, 3.8) is 0 Å². The maximum atomic E-state index is 6.31. The van der Waals surface area contributed by atoms with Gasteiger partial charge in [-0.2, -0.15) is 0 Å². The van der Waals surface area contributed by atoms with Crippen LogP contribution in [0.1, 0.15) is 29.2 Å². The van der Waals surface area contributed by atoms with Crippen molar-refractivity contribution in [1.82, 2.24) is 4.90 Å². The van der Waals surface area contributed by atoms with Crippen LogP contribution in [0.2, 0.25) is 0 Å². The standard InChI is InChI=1S/C15H24N2O/c1-11-5-4-6-13(12(11)2)15-14(16)7-8-17(15)9-10-18-3/h4-6,14-15H,7-10,16H2,1-3H3. The Morgan fingerprint density at radius 1 is 1.39 bits per heavy atom. The number of likely N-dealkylation sites (tertiary alicyclic amines) is 1. The Hall–Kier alpha value is -0.900. The molecule has 0 aliphatic carbocycles. The lowest BCUT2D eigenvalue weighted by atomic mass is 9.94. The van der Waals surface area contributed by atoms with Crippen LogP contribution < -0.4 is 5.73 Å². The van der Waals surface area contributed by atoms with Crippen LogP contribution in [0, 0.1) is 13.8 Å². The highest BCUT2D eigenvalue weighted by atomic mass is 16.5. The van der Waals surface area contributed by atoms with Crippen molar-refractivity contribution < 1.29 is 4.74 Å². The van der Waals surface area contributed by atoms with Crippen molar-refractivity contribution in [1.29, 1.82) is 0 Å². The SMILES string of the molecule is COCCN1CCC(N)C1c1cccc(C)c1C. The van der Waals surface area contributed by atoms with Crippen molar-refractivity contribution in [2.45, 2.75) is 32.4 Å². The summed E-state index contributed by atoms with van der Waals surface area (Å²) >= 11 is 0. The topological polar surface area (TPSA) is 38.5 Å². The highest BCUT2D eigenvalue weighted by molar-refractivity contribution is 5.36. The first-order valence-corrected chi connectivity index (χ1v) is 6.70. The number of hydrogen-bond donors (Lipinski definition) is 1. The number of nitrogens with two attached hydrogens (primary N) is 1. The Kier molecular flexibility index (Phi) is 4.38. The van der Waals surface area contributed by atoms with Crippen LogP contribution >= 0.6 is 0 Å². The van der Waals surface area contributed by atoms with E-state index in [0.717, 1.165) is 26.1 Å². The van der Waals surface area contributed by atoms with E-state index < -0.39 is 0 Å². The minimum absolute atomic E-state index is 0.238. The van der Waals surface area contributed by atoms with Gasteiger partial charge in [-0.3, -0.25) is 4.90 Å². The first kappa shape index (κ1) is 13.5. The van der Waals surface area contributed by atoms with Crippen molar-refractivity contribution in [3.8, 4) is 0 Å². The van der Waals surface area contributed by atoms with Gasteiger partial charge in [0.1, 0.15) is 0 Å². The number of nitrogens with zero attached hydrogens (tertiary/aromatic N) is 1. The molecular formula is C15H24N2O. The average molecular weight is 248 g/mol. The molecule has 3 nitrogen and oxygen atoms in total. The molecule has 1 aromatic carbocycles. The number of hydrogen-bond acceptors (Lipinski definition) is 3. The lowest BCUT2D eigenvalue weighted by molar-refractivity contribution is 0.139. The molecular weight excluding hydrogens is 224 g/mol. The summed E-state index contributed by atoms with van der Waals surface area (Å²) in [6.45, 7) is 7.17. The zero-order chi connectivity index (χ0) is 13.1. The fraction of sp³-hybridized carbons (Fsp3) is 0.600. The quantitative estimate of drug-likeness (QED) is 0.886. The summed E-state index contributed by atoms with van der Waals surface area (Å²) < 4.78 is 5.19. The van der Waals surface area contributed by atoms with Crippen molar-refractivity contribution in [2.75, 3.05) is 26.8 Å². The van der Waals surface area contributed by atoms with E-state index in [-0.39, 0.29) is 6.04 Å². The highest BCUT2D eigenvalue weighted by Gasteiger charge is 2.33. The molecule has 3 heteroatoms. The molecule has 0 aromatic heterocycles. The predicted octanol–water partition coefficient (Wildman–Crippen LogP) is 2.02. The van der Waals surface area contributed by atoms with Gasteiger partial charge in [-0.15, -0.1) is 0 Å². The zero-order valence-corrected chi connectivity index (χ0v) is 11.6. The molecule has 1 aliphatic heterocycles. The number of methoxy groups -OCH3 is 1. The smallest absolute Gasteiger partial charge is 0.0589 e. The lowest BCUT2D eigenvalue weighted by Crippen LogP contribution is -2.34. The second kappa shape index (κ2) is 5.83. The molecule has 0 amide bonds. The Bertz CT molecular complexity index is 405. The molecule has 0 bridgehead atoms. The third-order valence-electron chi connectivity index (χ3n) is 4.10. The second-order valence-corrected chi connectivity index (χ2v) is 5.22. The van der Waals surface area contributed by atoms with E-state index in [1.165, 1.54) is 16.7 Å². The first-order valence-electron chi connectivity index (χ1n) is 6.70. The van der Waals surface area contributed by atoms with Crippen molar-refractivity contribution >= 4 is 0 Å². The molecule has 1 fully saturated rings. The minimum atomic E-state index is 0.238. The van der Waals surface area contributed by atoms with Gasteiger partial charge in [0, 0.05) is 26.2 Å². The molecule has 2 rings (SSSR count). The normalized spacial score (nSPS) is 24.7. The van der Waals surface area contributed by atoms with Gasteiger partial charge in [-0.05, 0) is 37.0 Å². The van der Waals surface area contributed by atoms with E-state index in [1.807, 2.05) is 0 Å². The summed E-state index contributed by atoms with van der Waals surface area (Å²) in [5.74, 6) is 0. The predicted molar refractivity (Wildman–Crippen MR) is 74.7 cm³/mol. The third kappa shape index (κ3) is 2.58. The van der Waals surface area contributed by atoms with E-state index in [2.05, 4.69) is 36.9 Å². The van der Waals surface area contributed by atoms with E-state index in [1.54, 1.807) is 7.11 Å². The van der Waals surface area contributed by atoms with Gasteiger partial charge in [0.15, 0.2) is 0 Å². The summed E-state index contributed by atoms with van der Waals surface area (Å²) in [4.78, 5) is 2.45. The van der Waals surface area contributed by atoms with Crippen LogP contribution in [-0.2, 0) is 4.74 Å². The summed E-state index contributed by atoms with van der Waals surface area (Å²) in [5.41, 5.74) is 10.4. The second-order valence-electron chi connectivity index (χ2n) is 5.22. The van der Waals surface area contributed by atoms with E-state index in [4.69, 9.17) is 10.5 Å². The number of rotatable bonds is 4. The summed E-state index contributed by atoms with van der Waals surface area (Å²) in [5, 5.41) is 0. The molecule has 1 aliphatic rings. The van der Waals surface area contributed by atoms with Gasteiger partial charge in [-0.1, -0.05) is 18.2 Å². The zero-order valence-electron chi connectivity index (χ0n) is 11.6. The van der Waals surface area contributed by atoms with Crippen LogP contribution in [0.4, 0.5) is 0 Å². The van der Waals surface area contributed by atoms with Crippen LogP contribution in [-0.4, -0.2) is 37.7 Å². The summed E-state index contributed by atoms with van der Waals surface area (Å²) in [6.07, 6.45) is 1.07. The highest BCUT2D eigenvalue weighted by Crippen LogP contribution is 2.33. The summed E-state index contributed by atoms with van der Waals surface area (Å²) in [7, 11) is 1.75. The largest absolute Gasteiger partial charge is 0.383 e. The Morgan fingerprint density at radius 2 is 2.17 bits per heavy atom. The van der Waals surface area contributed by atoms with Crippen LogP contribution in [0.15, 0.2) is 18.2 Å². The van der Waals surface area contributed by atoms with E-state index in [9.17, 15) is 0 Å². The maximum Gasteiger partial charge on any atom is 0.0589 e. The molecule has 2 atom stereocenters. The lowest BCUT2D eigenvalue weighted by Gasteiger charge is -2.28. The molecule has 1 aromatic rings. The molecule has 2 unspecified atom stereocenters. The molecule has 0 radical (unpaired) electrons. The molecule has 1 saturated heterocycles.